The molecule has 2 heterocycles. The van der Waals surface area contributed by atoms with Gasteiger partial charge in [0.2, 0.25) is 0 Å². The van der Waals surface area contributed by atoms with Crippen molar-refractivity contribution >= 4 is 21.5 Å². The molecule has 38 heavy (non-hydrogen) atoms. The molecule has 188 valence electrons. The smallest absolute Gasteiger partial charge is 0.497 e. The summed E-state index contributed by atoms with van der Waals surface area (Å²) in [6, 6.07) is 37.6. The van der Waals surface area contributed by atoms with Crippen molar-refractivity contribution in [1.82, 2.24) is 9.97 Å². The monoisotopic (exact) mass is 673 g/mol. The van der Waals surface area contributed by atoms with Gasteiger partial charge in [-0.1, -0.05) is 110 Å². The molecule has 0 aliphatic rings. The standard InChI is InChI=1S/C34H26N2O.Pt/c1-34(2,3)27-15-16-35-33(20-27)31-21-29(17-24-10-6-7-14-30(24)31)37-28-13-8-12-25(18-28)32-19-23-9-4-5-11-26(23)22-36-32;/h4-17,19-20,22H,1-3H3;/q-2;+2. The van der Waals surface area contributed by atoms with Crippen molar-refractivity contribution in [3.63, 3.8) is 0 Å². The van der Waals surface area contributed by atoms with Crippen molar-refractivity contribution in [3.8, 4) is 34.0 Å². The second kappa shape index (κ2) is 10.5. The zero-order chi connectivity index (χ0) is 25.4. The number of pyridine rings is 2. The molecule has 0 amide bonds. The summed E-state index contributed by atoms with van der Waals surface area (Å²) in [5.74, 6) is 1.23. The molecule has 0 bridgehead atoms. The Morgan fingerprint density at radius 2 is 1.42 bits per heavy atom. The normalized spacial score (nSPS) is 11.3. The largest absolute Gasteiger partial charge is 2.00 e. The van der Waals surface area contributed by atoms with E-state index in [0.29, 0.717) is 11.5 Å². The summed E-state index contributed by atoms with van der Waals surface area (Å²) in [5, 5.41) is 4.42. The van der Waals surface area contributed by atoms with E-state index in [9.17, 15) is 0 Å². The average Bonchev–Trinajstić information content (AvgIpc) is 2.92. The molecule has 0 unspecified atom stereocenters. The average molecular weight is 674 g/mol. The van der Waals surface area contributed by atoms with Crippen LogP contribution in [-0.4, -0.2) is 9.97 Å². The van der Waals surface area contributed by atoms with E-state index in [2.05, 4.69) is 80.4 Å². The molecule has 0 aliphatic heterocycles. The van der Waals surface area contributed by atoms with E-state index in [1.807, 2.05) is 60.9 Å². The fourth-order valence-corrected chi connectivity index (χ4v) is 4.52. The van der Waals surface area contributed by atoms with Gasteiger partial charge >= 0.3 is 21.1 Å². The maximum Gasteiger partial charge on any atom is 2.00 e. The first-order valence-corrected chi connectivity index (χ1v) is 12.4. The summed E-state index contributed by atoms with van der Waals surface area (Å²) >= 11 is 0. The molecule has 0 aliphatic carbocycles. The van der Waals surface area contributed by atoms with E-state index in [-0.39, 0.29) is 26.5 Å². The summed E-state index contributed by atoms with van der Waals surface area (Å²) in [6.07, 6.45) is 3.77. The Bertz CT molecular complexity index is 1750. The maximum atomic E-state index is 6.33. The number of benzene rings is 4. The van der Waals surface area contributed by atoms with Crippen molar-refractivity contribution < 1.29 is 25.8 Å². The Labute approximate surface area is 237 Å². The predicted octanol–water partition coefficient (Wildman–Crippen LogP) is 8.80. The van der Waals surface area contributed by atoms with Gasteiger partial charge in [0.05, 0.1) is 0 Å². The van der Waals surface area contributed by atoms with E-state index in [4.69, 9.17) is 9.72 Å². The maximum absolute atomic E-state index is 6.33. The van der Waals surface area contributed by atoms with Crippen molar-refractivity contribution in [3.05, 3.63) is 121 Å². The topological polar surface area (TPSA) is 35.0 Å². The molecule has 0 saturated heterocycles. The van der Waals surface area contributed by atoms with Crippen molar-refractivity contribution in [1.29, 1.82) is 0 Å². The number of ether oxygens (including phenoxy) is 1. The van der Waals surface area contributed by atoms with Crippen LogP contribution in [0.15, 0.2) is 103 Å². The van der Waals surface area contributed by atoms with Crippen molar-refractivity contribution in [2.24, 2.45) is 0 Å². The van der Waals surface area contributed by atoms with Crippen LogP contribution in [0.1, 0.15) is 26.3 Å². The Morgan fingerprint density at radius 3 is 2.24 bits per heavy atom. The molecular weight excluding hydrogens is 647 g/mol. The van der Waals surface area contributed by atoms with E-state index < -0.39 is 0 Å². The molecule has 0 saturated carbocycles. The van der Waals surface area contributed by atoms with Crippen LogP contribution in [0.2, 0.25) is 0 Å². The minimum absolute atomic E-state index is 0. The van der Waals surface area contributed by atoms with Gasteiger partial charge in [-0.05, 0) is 39.2 Å². The summed E-state index contributed by atoms with van der Waals surface area (Å²) in [4.78, 5) is 9.34. The van der Waals surface area contributed by atoms with Crippen LogP contribution >= 0.6 is 0 Å². The first-order chi connectivity index (χ1) is 17.9. The van der Waals surface area contributed by atoms with Crippen molar-refractivity contribution in [2.45, 2.75) is 26.2 Å². The zero-order valence-corrected chi connectivity index (χ0v) is 23.7. The number of hydrogen-bond acceptors (Lipinski definition) is 3. The Hall–Kier alpha value is -3.81. The van der Waals surface area contributed by atoms with Gasteiger partial charge in [0, 0.05) is 23.9 Å². The minimum Gasteiger partial charge on any atom is -0.497 e. The second-order valence-electron chi connectivity index (χ2n) is 10.2. The first kappa shape index (κ1) is 25.8. The van der Waals surface area contributed by atoms with Crippen LogP contribution in [0.25, 0.3) is 44.1 Å². The predicted molar refractivity (Wildman–Crippen MR) is 151 cm³/mol. The summed E-state index contributed by atoms with van der Waals surface area (Å²) in [6.45, 7) is 6.63. The second-order valence-corrected chi connectivity index (χ2v) is 10.2. The Kier molecular flexibility index (Phi) is 7.14. The number of hydrogen-bond donors (Lipinski definition) is 0. The molecule has 6 rings (SSSR count). The number of fused-ring (bicyclic) bond motifs is 2. The SMILES string of the molecule is CC(C)(C)c1ccnc(-c2[c-]c(Oc3[c-]c(-c4cc5ccccc5cn4)ccc3)cc3ccccc23)c1.[Pt+2]. The number of nitrogens with zero attached hydrogens (tertiary/aromatic N) is 2. The molecule has 0 fully saturated rings. The summed E-state index contributed by atoms with van der Waals surface area (Å²) in [5.41, 5.74) is 4.79. The molecule has 2 aromatic heterocycles. The molecule has 6 aromatic rings. The van der Waals surface area contributed by atoms with Gasteiger partial charge in [-0.25, -0.2) is 0 Å². The van der Waals surface area contributed by atoms with Gasteiger partial charge < -0.3 is 14.7 Å². The van der Waals surface area contributed by atoms with E-state index >= 15 is 0 Å². The molecule has 3 nitrogen and oxygen atoms in total. The third kappa shape index (κ3) is 5.26. The molecule has 4 aromatic carbocycles. The van der Waals surface area contributed by atoms with Crippen LogP contribution in [0.5, 0.6) is 11.5 Å². The van der Waals surface area contributed by atoms with Gasteiger partial charge in [-0.2, -0.15) is 0 Å². The number of rotatable bonds is 4. The quantitative estimate of drug-likeness (QED) is 0.176. The van der Waals surface area contributed by atoms with Crippen LogP contribution in [0.3, 0.4) is 0 Å². The Morgan fingerprint density at radius 1 is 0.658 bits per heavy atom. The van der Waals surface area contributed by atoms with E-state index in [1.54, 1.807) is 0 Å². The third-order valence-electron chi connectivity index (χ3n) is 6.54. The van der Waals surface area contributed by atoms with Crippen molar-refractivity contribution in [2.75, 3.05) is 0 Å². The fourth-order valence-electron chi connectivity index (χ4n) is 4.52. The van der Waals surface area contributed by atoms with Crippen LogP contribution in [-0.2, 0) is 26.5 Å². The van der Waals surface area contributed by atoms with Gasteiger partial charge in [0.25, 0.3) is 0 Å². The van der Waals surface area contributed by atoms with Gasteiger partial charge in [0.1, 0.15) is 0 Å². The molecular formula is C34H26N2OPt. The Balaban J connectivity index is 0.00000294. The molecule has 0 radical (unpaired) electrons. The van der Waals surface area contributed by atoms with E-state index in [0.717, 1.165) is 44.1 Å². The first-order valence-electron chi connectivity index (χ1n) is 12.4. The molecule has 0 atom stereocenters. The van der Waals surface area contributed by atoms with Gasteiger partial charge in [-0.15, -0.1) is 29.3 Å². The van der Waals surface area contributed by atoms with Gasteiger partial charge in [-0.3, -0.25) is 0 Å². The fraction of sp³-hybridized carbons (Fsp3) is 0.118. The van der Waals surface area contributed by atoms with Crippen LogP contribution in [0, 0.1) is 12.1 Å². The summed E-state index contributed by atoms with van der Waals surface area (Å²) in [7, 11) is 0. The molecule has 0 N–H and O–H groups in total. The van der Waals surface area contributed by atoms with E-state index in [1.165, 1.54) is 5.56 Å². The van der Waals surface area contributed by atoms with Crippen LogP contribution < -0.4 is 4.74 Å². The minimum atomic E-state index is 0. The molecule has 0 spiro atoms. The van der Waals surface area contributed by atoms with Gasteiger partial charge in [0.15, 0.2) is 0 Å². The molecule has 4 heteroatoms. The third-order valence-corrected chi connectivity index (χ3v) is 6.54. The van der Waals surface area contributed by atoms with Crippen LogP contribution in [0.4, 0.5) is 0 Å². The number of aromatic nitrogens is 2. The summed E-state index contributed by atoms with van der Waals surface area (Å²) < 4.78 is 6.33. The zero-order valence-electron chi connectivity index (χ0n) is 21.4.